The number of halogens is 1. The molecule has 1 aromatic rings. The van der Waals surface area contributed by atoms with E-state index < -0.39 is 5.60 Å². The maximum Gasteiger partial charge on any atom is 0.410 e. The number of carbonyl (C=O) groups is 1. The van der Waals surface area contributed by atoms with Gasteiger partial charge < -0.3 is 15.0 Å². The number of hydrogen-bond acceptors (Lipinski definition) is 3. The van der Waals surface area contributed by atoms with Gasteiger partial charge in [0.2, 0.25) is 0 Å². The molecule has 118 valence electrons. The van der Waals surface area contributed by atoms with Crippen molar-refractivity contribution in [2.24, 2.45) is 0 Å². The van der Waals surface area contributed by atoms with Crippen LogP contribution in [0, 0.1) is 3.57 Å². The summed E-state index contributed by atoms with van der Waals surface area (Å²) < 4.78 is 6.54. The number of amides is 1. The van der Waals surface area contributed by atoms with Gasteiger partial charge in [0.15, 0.2) is 0 Å². The predicted octanol–water partition coefficient (Wildman–Crippen LogP) is 3.81. The lowest BCUT2D eigenvalue weighted by Gasteiger charge is -2.25. The highest BCUT2D eigenvalue weighted by molar-refractivity contribution is 14.1. The molecule has 1 aromatic carbocycles. The van der Waals surface area contributed by atoms with Gasteiger partial charge in [-0.2, -0.15) is 0 Å². The Balaban J connectivity index is 2.35. The third-order valence-corrected chi connectivity index (χ3v) is 3.69. The van der Waals surface area contributed by atoms with E-state index in [4.69, 9.17) is 4.74 Å². The van der Waals surface area contributed by atoms with E-state index in [0.29, 0.717) is 6.54 Å². The number of likely N-dealkylation sites (N-methyl/N-ethyl adjacent to an activating group) is 1. The summed E-state index contributed by atoms with van der Waals surface area (Å²) in [6.07, 6.45) is -0.286. The zero-order valence-electron chi connectivity index (χ0n) is 13.4. The molecule has 0 aliphatic heterocycles. The maximum atomic E-state index is 11.8. The van der Waals surface area contributed by atoms with Crippen LogP contribution in [0.25, 0.3) is 0 Å². The first-order chi connectivity index (χ1) is 9.69. The maximum absolute atomic E-state index is 11.8. The summed E-state index contributed by atoms with van der Waals surface area (Å²) in [6, 6.07) is 8.70. The Morgan fingerprint density at radius 1 is 1.33 bits per heavy atom. The molecule has 0 radical (unpaired) electrons. The first kappa shape index (κ1) is 18.2. The first-order valence-electron chi connectivity index (χ1n) is 7.12. The number of nitrogens with zero attached hydrogens (tertiary/aromatic N) is 1. The molecule has 4 nitrogen and oxygen atoms in total. The molecule has 1 atom stereocenters. The molecule has 0 aromatic heterocycles. The van der Waals surface area contributed by atoms with Crippen LogP contribution in [0.3, 0.4) is 0 Å². The van der Waals surface area contributed by atoms with Crippen molar-refractivity contribution in [3.8, 4) is 0 Å². The third-order valence-electron chi connectivity index (χ3n) is 2.97. The van der Waals surface area contributed by atoms with Crippen LogP contribution in [0.15, 0.2) is 24.3 Å². The van der Waals surface area contributed by atoms with Crippen LogP contribution in [-0.2, 0) is 4.74 Å². The van der Waals surface area contributed by atoms with E-state index >= 15 is 0 Å². The van der Waals surface area contributed by atoms with E-state index in [1.54, 1.807) is 11.9 Å². The Labute approximate surface area is 141 Å². The van der Waals surface area contributed by atoms with Crippen molar-refractivity contribution in [1.82, 2.24) is 10.2 Å². The van der Waals surface area contributed by atoms with Crippen LogP contribution < -0.4 is 5.32 Å². The van der Waals surface area contributed by atoms with E-state index in [1.807, 2.05) is 20.8 Å². The second-order valence-electron chi connectivity index (χ2n) is 6.13. The average molecular weight is 404 g/mol. The number of ether oxygens (including phenoxy) is 1. The lowest BCUT2D eigenvalue weighted by atomic mass is 10.1. The number of nitrogens with one attached hydrogen (secondary N) is 1. The average Bonchev–Trinajstić information content (AvgIpc) is 2.37. The first-order valence-corrected chi connectivity index (χ1v) is 8.20. The van der Waals surface area contributed by atoms with Crippen LogP contribution in [-0.4, -0.2) is 36.7 Å². The van der Waals surface area contributed by atoms with E-state index in [1.165, 1.54) is 9.13 Å². The van der Waals surface area contributed by atoms with Gasteiger partial charge in [-0.25, -0.2) is 4.79 Å². The van der Waals surface area contributed by atoms with Crippen molar-refractivity contribution in [3.05, 3.63) is 33.4 Å². The number of carbonyl (C=O) groups excluding carboxylic acids is 1. The third kappa shape index (κ3) is 7.13. The van der Waals surface area contributed by atoms with Crippen molar-refractivity contribution in [1.29, 1.82) is 0 Å². The molecule has 0 aliphatic rings. The fourth-order valence-corrected chi connectivity index (χ4v) is 2.11. The Morgan fingerprint density at radius 2 is 1.90 bits per heavy atom. The molecule has 0 heterocycles. The number of hydrogen-bond donors (Lipinski definition) is 1. The predicted molar refractivity (Wildman–Crippen MR) is 94.4 cm³/mol. The van der Waals surface area contributed by atoms with Gasteiger partial charge in [0.25, 0.3) is 0 Å². The van der Waals surface area contributed by atoms with E-state index in [9.17, 15) is 4.79 Å². The molecule has 0 spiro atoms. The van der Waals surface area contributed by atoms with Gasteiger partial charge in [0.1, 0.15) is 5.60 Å². The van der Waals surface area contributed by atoms with Gasteiger partial charge in [0.05, 0.1) is 0 Å². The minimum absolute atomic E-state index is 0.258. The second kappa shape index (κ2) is 7.98. The van der Waals surface area contributed by atoms with Crippen molar-refractivity contribution in [2.75, 3.05) is 20.1 Å². The Hall–Kier alpha value is -0.820. The van der Waals surface area contributed by atoms with Crippen molar-refractivity contribution >= 4 is 28.7 Å². The smallest absolute Gasteiger partial charge is 0.410 e. The molecule has 21 heavy (non-hydrogen) atoms. The molecule has 0 saturated carbocycles. The van der Waals surface area contributed by atoms with Gasteiger partial charge in [-0.05, 0) is 68.0 Å². The molecular weight excluding hydrogens is 379 g/mol. The van der Waals surface area contributed by atoms with Crippen LogP contribution in [0.5, 0.6) is 0 Å². The minimum Gasteiger partial charge on any atom is -0.444 e. The molecule has 1 amide bonds. The van der Waals surface area contributed by atoms with Gasteiger partial charge >= 0.3 is 6.09 Å². The topological polar surface area (TPSA) is 41.6 Å². The zero-order chi connectivity index (χ0) is 16.0. The van der Waals surface area contributed by atoms with Crippen molar-refractivity contribution in [3.63, 3.8) is 0 Å². The standard InChI is InChI=1S/C16H25IN2O2/c1-12(13-6-8-14(17)9-7-13)18-10-11-19(5)15(20)21-16(2,3)4/h6-9,12,18H,10-11H2,1-5H3. The van der Waals surface area contributed by atoms with Gasteiger partial charge in [-0.3, -0.25) is 0 Å². The highest BCUT2D eigenvalue weighted by atomic mass is 127. The lowest BCUT2D eigenvalue weighted by Crippen LogP contribution is -2.38. The second-order valence-corrected chi connectivity index (χ2v) is 7.37. The SMILES string of the molecule is CC(NCCN(C)C(=O)OC(C)(C)C)c1ccc(I)cc1. The molecule has 0 saturated heterocycles. The van der Waals surface area contributed by atoms with Crippen LogP contribution in [0.2, 0.25) is 0 Å². The highest BCUT2D eigenvalue weighted by Gasteiger charge is 2.19. The molecule has 0 fully saturated rings. The summed E-state index contributed by atoms with van der Waals surface area (Å²) in [6.45, 7) is 9.07. The van der Waals surface area contributed by atoms with Gasteiger partial charge in [-0.1, -0.05) is 12.1 Å². The van der Waals surface area contributed by atoms with Gasteiger partial charge in [-0.15, -0.1) is 0 Å². The largest absolute Gasteiger partial charge is 0.444 e. The zero-order valence-corrected chi connectivity index (χ0v) is 15.6. The van der Waals surface area contributed by atoms with Crippen molar-refractivity contribution < 1.29 is 9.53 Å². The monoisotopic (exact) mass is 404 g/mol. The summed E-state index contributed by atoms with van der Waals surface area (Å²) in [4.78, 5) is 13.4. The Bertz CT molecular complexity index is 454. The highest BCUT2D eigenvalue weighted by Crippen LogP contribution is 2.14. The lowest BCUT2D eigenvalue weighted by molar-refractivity contribution is 0.0299. The van der Waals surface area contributed by atoms with Crippen LogP contribution in [0.1, 0.15) is 39.3 Å². The molecule has 1 N–H and O–H groups in total. The summed E-state index contributed by atoms with van der Waals surface area (Å²) in [7, 11) is 1.76. The fourth-order valence-electron chi connectivity index (χ4n) is 1.75. The minimum atomic E-state index is -0.451. The number of benzene rings is 1. The Kier molecular flexibility index (Phi) is 6.93. The molecule has 5 heteroatoms. The number of rotatable bonds is 5. The molecule has 1 unspecified atom stereocenters. The van der Waals surface area contributed by atoms with Crippen molar-refractivity contribution in [2.45, 2.75) is 39.3 Å². The molecule has 0 aliphatic carbocycles. The summed E-state index contributed by atoms with van der Waals surface area (Å²) >= 11 is 2.30. The summed E-state index contributed by atoms with van der Waals surface area (Å²) in [5, 5.41) is 3.42. The van der Waals surface area contributed by atoms with Crippen LogP contribution in [0.4, 0.5) is 4.79 Å². The fraction of sp³-hybridized carbons (Fsp3) is 0.562. The quantitative estimate of drug-likeness (QED) is 0.759. The summed E-state index contributed by atoms with van der Waals surface area (Å²) in [5.74, 6) is 0. The van der Waals surface area contributed by atoms with Crippen LogP contribution >= 0.6 is 22.6 Å². The van der Waals surface area contributed by atoms with E-state index in [-0.39, 0.29) is 12.1 Å². The Morgan fingerprint density at radius 3 is 2.43 bits per heavy atom. The van der Waals surface area contributed by atoms with E-state index in [0.717, 1.165) is 6.54 Å². The molecule has 0 bridgehead atoms. The molecule has 1 rings (SSSR count). The summed E-state index contributed by atoms with van der Waals surface area (Å²) in [5.41, 5.74) is 0.795. The normalized spacial score (nSPS) is 12.9. The molecular formula is C16H25IN2O2. The van der Waals surface area contributed by atoms with E-state index in [2.05, 4.69) is 59.1 Å². The van der Waals surface area contributed by atoms with Gasteiger partial charge in [0, 0.05) is 29.7 Å².